The number of fused-ring (bicyclic) bond motifs is 2. The summed E-state index contributed by atoms with van der Waals surface area (Å²) in [4.78, 5) is 49.5. The quantitative estimate of drug-likeness (QED) is 0.0971. The number of carboxylic acids is 1. The number of rotatable bonds is 9. The van der Waals surface area contributed by atoms with E-state index in [4.69, 9.17) is 10.6 Å². The van der Waals surface area contributed by atoms with Crippen LogP contribution in [0.3, 0.4) is 0 Å². The largest absolute Gasteiger partial charge is 0.477 e. The Balaban J connectivity index is 1.16. The van der Waals surface area contributed by atoms with Gasteiger partial charge in [-0.3, -0.25) is 14.5 Å². The Morgan fingerprint density at radius 3 is 2.98 bits per heavy atom. The second-order valence-electron chi connectivity index (χ2n) is 9.00. The van der Waals surface area contributed by atoms with Gasteiger partial charge in [0.05, 0.1) is 0 Å². The third-order valence-electron chi connectivity index (χ3n) is 6.33. The average molecular weight is 616 g/mol. The minimum absolute atomic E-state index is 0.0244. The van der Waals surface area contributed by atoms with Crippen LogP contribution in [0.5, 0.6) is 0 Å². The highest BCUT2D eigenvalue weighted by Crippen LogP contribution is 2.41. The van der Waals surface area contributed by atoms with Crippen molar-refractivity contribution >= 4 is 69.3 Å². The SMILES string of the molecule is Nc1nc(/C(=N/OC2C=CCCC2)C(=O)NC2C(=O)N3C(C(=O)O)=C(CSc4ccc5nnnn5n4)CS[C@H]23)ns1. The van der Waals surface area contributed by atoms with Crippen molar-refractivity contribution in [2.75, 3.05) is 17.2 Å². The van der Waals surface area contributed by atoms with Gasteiger partial charge in [-0.05, 0) is 53.5 Å². The Bertz CT molecular complexity index is 1620. The van der Waals surface area contributed by atoms with Crippen molar-refractivity contribution in [3.63, 3.8) is 0 Å². The fourth-order valence-electron chi connectivity index (χ4n) is 4.38. The summed E-state index contributed by atoms with van der Waals surface area (Å²) in [6, 6.07) is 2.45. The molecule has 1 fully saturated rings. The third kappa shape index (κ3) is 5.46. The van der Waals surface area contributed by atoms with E-state index in [1.807, 2.05) is 12.2 Å². The molecule has 3 aliphatic rings. The first-order valence-electron chi connectivity index (χ1n) is 12.3. The lowest BCUT2D eigenvalue weighted by Crippen LogP contribution is -2.71. The fraction of sp³-hybridized carbons (Fsp3) is 0.364. The molecule has 0 radical (unpaired) electrons. The summed E-state index contributed by atoms with van der Waals surface area (Å²) < 4.78 is 5.34. The van der Waals surface area contributed by atoms with Gasteiger partial charge >= 0.3 is 5.97 Å². The van der Waals surface area contributed by atoms with Gasteiger partial charge in [-0.15, -0.1) is 38.4 Å². The first kappa shape index (κ1) is 27.1. The summed E-state index contributed by atoms with van der Waals surface area (Å²) >= 11 is 3.55. The molecule has 19 heteroatoms. The van der Waals surface area contributed by atoms with Gasteiger partial charge < -0.3 is 21.0 Å². The molecule has 0 spiro atoms. The van der Waals surface area contributed by atoms with Crippen LogP contribution in [0.4, 0.5) is 5.13 Å². The Morgan fingerprint density at radius 2 is 2.22 bits per heavy atom. The van der Waals surface area contributed by atoms with Crippen molar-refractivity contribution < 1.29 is 24.3 Å². The van der Waals surface area contributed by atoms with E-state index in [1.54, 1.807) is 12.1 Å². The molecule has 1 saturated heterocycles. The number of carbonyl (C=O) groups is 3. The Morgan fingerprint density at radius 1 is 1.34 bits per heavy atom. The number of β-lactam (4-membered cyclic amide) rings is 1. The third-order valence-corrected chi connectivity index (χ3v) is 9.22. The molecule has 3 atom stereocenters. The predicted octanol–water partition coefficient (Wildman–Crippen LogP) is 0.313. The van der Waals surface area contributed by atoms with Gasteiger partial charge in [0.1, 0.15) is 28.2 Å². The lowest BCUT2D eigenvalue weighted by Gasteiger charge is -2.49. The normalized spacial score (nSPS) is 22.4. The molecule has 16 nitrogen and oxygen atoms in total. The number of aliphatic carboxylic acids is 1. The summed E-state index contributed by atoms with van der Waals surface area (Å²) in [5.41, 5.74) is 6.42. The van der Waals surface area contributed by atoms with E-state index in [0.717, 1.165) is 30.8 Å². The molecule has 3 aromatic heterocycles. The van der Waals surface area contributed by atoms with Gasteiger partial charge in [-0.1, -0.05) is 11.2 Å². The van der Waals surface area contributed by atoms with Crippen LogP contribution in [0.15, 0.2) is 45.7 Å². The zero-order valence-corrected chi connectivity index (χ0v) is 23.4. The number of nitrogen functional groups attached to an aromatic ring is 1. The number of nitrogens with zero attached hydrogens (tertiary/aromatic N) is 9. The maximum absolute atomic E-state index is 13.3. The van der Waals surface area contributed by atoms with Crippen LogP contribution in [0.1, 0.15) is 25.1 Å². The zero-order valence-electron chi connectivity index (χ0n) is 21.0. The van der Waals surface area contributed by atoms with Gasteiger partial charge in [-0.25, -0.2) is 4.79 Å². The van der Waals surface area contributed by atoms with E-state index in [2.05, 4.69) is 40.5 Å². The van der Waals surface area contributed by atoms with E-state index in [-0.39, 0.29) is 34.2 Å². The summed E-state index contributed by atoms with van der Waals surface area (Å²) in [7, 11) is 0. The number of nitrogens with one attached hydrogen (secondary N) is 1. The van der Waals surface area contributed by atoms with E-state index >= 15 is 0 Å². The molecular weight excluding hydrogens is 595 g/mol. The van der Waals surface area contributed by atoms with E-state index in [0.29, 0.717) is 22.0 Å². The lowest BCUT2D eigenvalue weighted by molar-refractivity contribution is -0.150. The van der Waals surface area contributed by atoms with Crippen LogP contribution in [0, 0.1) is 0 Å². The number of amides is 2. The number of anilines is 1. The van der Waals surface area contributed by atoms with Crippen molar-refractivity contribution in [2.45, 2.75) is 41.8 Å². The summed E-state index contributed by atoms with van der Waals surface area (Å²) in [5.74, 6) is -1.92. The molecule has 0 bridgehead atoms. The highest BCUT2D eigenvalue weighted by molar-refractivity contribution is 8.01. The number of carbonyl (C=O) groups excluding carboxylic acids is 2. The number of aromatic nitrogens is 7. The Labute approximate surface area is 243 Å². The lowest BCUT2D eigenvalue weighted by atomic mass is 10.0. The van der Waals surface area contributed by atoms with E-state index < -0.39 is 29.2 Å². The second kappa shape index (κ2) is 11.4. The molecule has 212 valence electrons. The van der Waals surface area contributed by atoms with Crippen LogP contribution in [-0.2, 0) is 19.2 Å². The number of hydrogen-bond acceptors (Lipinski definition) is 15. The topological polar surface area (TPSA) is 216 Å². The van der Waals surface area contributed by atoms with Gasteiger partial charge in [-0.2, -0.15) is 9.36 Å². The van der Waals surface area contributed by atoms with Crippen LogP contribution in [0.2, 0.25) is 0 Å². The molecule has 2 aliphatic heterocycles. The predicted molar refractivity (Wildman–Crippen MR) is 148 cm³/mol. The average Bonchev–Trinajstić information content (AvgIpc) is 3.63. The van der Waals surface area contributed by atoms with Gasteiger partial charge in [0.2, 0.25) is 11.5 Å². The van der Waals surface area contributed by atoms with Crippen molar-refractivity contribution in [3.05, 3.63) is 41.4 Å². The van der Waals surface area contributed by atoms with Crippen molar-refractivity contribution in [3.8, 4) is 0 Å². The summed E-state index contributed by atoms with van der Waals surface area (Å²) in [6.45, 7) is 0. The van der Waals surface area contributed by atoms with Crippen molar-refractivity contribution in [1.29, 1.82) is 0 Å². The van der Waals surface area contributed by atoms with E-state index in [1.165, 1.54) is 33.1 Å². The number of nitrogens with two attached hydrogens (primary N) is 1. The second-order valence-corrected chi connectivity index (χ2v) is 11.9. The molecular formula is C22H21N11O5S3. The molecule has 2 amide bonds. The van der Waals surface area contributed by atoms with Crippen molar-refractivity contribution in [1.82, 2.24) is 44.8 Å². The maximum atomic E-state index is 13.3. The minimum atomic E-state index is -1.23. The van der Waals surface area contributed by atoms with Gasteiger partial charge in [0.25, 0.3) is 11.8 Å². The number of carboxylic acid groups (broad SMARTS) is 1. The molecule has 41 heavy (non-hydrogen) atoms. The molecule has 3 aromatic rings. The maximum Gasteiger partial charge on any atom is 0.352 e. The number of thioether (sulfide) groups is 2. The van der Waals surface area contributed by atoms with E-state index in [9.17, 15) is 19.5 Å². The highest BCUT2D eigenvalue weighted by atomic mass is 32.2. The van der Waals surface area contributed by atoms with Crippen LogP contribution >= 0.6 is 35.1 Å². The monoisotopic (exact) mass is 615 g/mol. The highest BCUT2D eigenvalue weighted by Gasteiger charge is 2.54. The number of hydrogen-bond donors (Lipinski definition) is 3. The standard InChI is InChI=1S/C22H21N11O5S3/c23-22-25-17(29-41-22)14(28-38-11-4-2-1-3-5-11)18(34)24-15-19(35)32-16(21(36)37)10(9-40-20(15)32)8-39-13-7-6-12-26-30-31-33(12)27-13/h2,4,6-7,11,15,20H,1,3,5,8-9H2,(H,24,34)(H,36,37)(H2,23,25,29)/b28-14-/t11?,15?,20-/m1/s1. The van der Waals surface area contributed by atoms with Crippen LogP contribution in [0.25, 0.3) is 5.65 Å². The Kier molecular flexibility index (Phi) is 7.54. The molecule has 2 unspecified atom stereocenters. The zero-order chi connectivity index (χ0) is 28.5. The smallest absolute Gasteiger partial charge is 0.352 e. The minimum Gasteiger partial charge on any atom is -0.477 e. The summed E-state index contributed by atoms with van der Waals surface area (Å²) in [6.07, 6.45) is 6.16. The van der Waals surface area contributed by atoms with Crippen molar-refractivity contribution in [2.24, 2.45) is 5.16 Å². The fourth-order valence-corrected chi connectivity index (χ4v) is 7.15. The van der Waals surface area contributed by atoms with Crippen LogP contribution < -0.4 is 11.1 Å². The van der Waals surface area contributed by atoms with Gasteiger partial charge in [0.15, 0.2) is 10.8 Å². The first-order valence-corrected chi connectivity index (χ1v) is 15.1. The summed E-state index contributed by atoms with van der Waals surface area (Å²) in [5, 5.41) is 32.2. The molecule has 1 aliphatic carbocycles. The Hall–Kier alpha value is -4.10. The molecule has 5 heterocycles. The molecule has 0 saturated carbocycles. The van der Waals surface area contributed by atoms with Crippen LogP contribution in [-0.4, -0.2) is 97.1 Å². The molecule has 0 aromatic carbocycles. The number of tetrazole rings is 1. The van der Waals surface area contributed by atoms with Gasteiger partial charge in [0, 0.05) is 23.0 Å². The molecule has 6 rings (SSSR count). The first-order chi connectivity index (χ1) is 19.9. The molecule has 4 N–H and O–H groups in total. The number of allylic oxidation sites excluding steroid dienone is 1. The number of oxime groups is 1.